The van der Waals surface area contributed by atoms with Crippen molar-refractivity contribution in [1.82, 2.24) is 0 Å². The van der Waals surface area contributed by atoms with Crippen molar-refractivity contribution < 1.29 is 9.59 Å². The van der Waals surface area contributed by atoms with Crippen LogP contribution in [0.3, 0.4) is 0 Å². The van der Waals surface area contributed by atoms with E-state index >= 15 is 0 Å². The summed E-state index contributed by atoms with van der Waals surface area (Å²) >= 11 is 5.49. The summed E-state index contributed by atoms with van der Waals surface area (Å²) in [6, 6.07) is 0. The largest absolute Gasteiger partial charge is 0.234 e. The Morgan fingerprint density at radius 1 is 1.20 bits per heavy atom. The molecule has 0 aliphatic heterocycles. The van der Waals surface area contributed by atoms with Crippen LogP contribution in [0.15, 0.2) is 9.98 Å². The fourth-order valence-electron chi connectivity index (χ4n) is 0.330. The van der Waals surface area contributed by atoms with Crippen molar-refractivity contribution in [2.45, 2.75) is 5.38 Å². The van der Waals surface area contributed by atoms with Crippen LogP contribution in [0.1, 0.15) is 0 Å². The maximum atomic E-state index is 9.52. The maximum absolute atomic E-state index is 9.52. The Hall–Kier alpha value is -0.950. The predicted molar refractivity (Wildman–Crippen MR) is 35.6 cm³/mol. The number of nitrogens with zero attached hydrogens (tertiary/aromatic N) is 2. The molecule has 0 fully saturated rings. The van der Waals surface area contributed by atoms with Crippen molar-refractivity contribution in [3.05, 3.63) is 0 Å². The summed E-state index contributed by atoms with van der Waals surface area (Å²) in [4.78, 5) is 25.4. The van der Waals surface area contributed by atoms with Crippen molar-refractivity contribution in [3.8, 4) is 0 Å². The molecule has 5 heteroatoms. The number of aliphatic imine (C=N–C) groups is 2. The first-order chi connectivity index (χ1) is 4.81. The quantitative estimate of drug-likeness (QED) is 0.337. The molecule has 4 nitrogen and oxygen atoms in total. The highest BCUT2D eigenvalue weighted by Gasteiger charge is 1.99. The normalized spacial score (nSPS) is 10.9. The van der Waals surface area contributed by atoms with Crippen molar-refractivity contribution in [3.63, 3.8) is 0 Å². The topological polar surface area (TPSA) is 58.9 Å². The van der Waals surface area contributed by atoms with Crippen LogP contribution in [0.5, 0.6) is 0 Å². The molecule has 54 valence electrons. The molecule has 0 bridgehead atoms. The molecule has 0 rings (SSSR count). The minimum absolute atomic E-state index is 0.135. The van der Waals surface area contributed by atoms with Crippen molar-refractivity contribution >= 4 is 23.8 Å². The second-order valence-electron chi connectivity index (χ2n) is 1.46. The minimum Gasteiger partial charge on any atom is -0.211 e. The molecule has 0 aromatic heterocycles. The van der Waals surface area contributed by atoms with Crippen molar-refractivity contribution in [2.24, 2.45) is 9.98 Å². The number of isocyanates is 2. The van der Waals surface area contributed by atoms with Gasteiger partial charge in [-0.1, -0.05) is 0 Å². The van der Waals surface area contributed by atoms with Gasteiger partial charge in [0.1, 0.15) is 0 Å². The molecule has 0 unspecified atom stereocenters. The Labute approximate surface area is 62.6 Å². The summed E-state index contributed by atoms with van der Waals surface area (Å²) in [6.45, 7) is 0.270. The van der Waals surface area contributed by atoms with E-state index in [1.165, 1.54) is 12.2 Å². The van der Waals surface area contributed by atoms with E-state index in [0.29, 0.717) is 0 Å². The third kappa shape index (κ3) is 5.19. The molecule has 0 N–H and O–H groups in total. The average molecular weight is 161 g/mol. The van der Waals surface area contributed by atoms with Crippen LogP contribution in [-0.2, 0) is 9.59 Å². The van der Waals surface area contributed by atoms with Gasteiger partial charge in [0.25, 0.3) is 0 Å². The molecule has 0 spiro atoms. The summed E-state index contributed by atoms with van der Waals surface area (Å²) < 4.78 is 0. The number of hydrogen-bond acceptors (Lipinski definition) is 4. The lowest BCUT2D eigenvalue weighted by Gasteiger charge is -1.95. The van der Waals surface area contributed by atoms with Gasteiger partial charge in [0.05, 0.1) is 18.5 Å². The van der Waals surface area contributed by atoms with Gasteiger partial charge in [0.2, 0.25) is 12.2 Å². The zero-order valence-electron chi connectivity index (χ0n) is 5.08. The zero-order chi connectivity index (χ0) is 7.82. The van der Waals surface area contributed by atoms with Gasteiger partial charge < -0.3 is 0 Å². The molecule has 0 amide bonds. The first kappa shape index (κ1) is 9.05. The molecular weight excluding hydrogens is 156 g/mol. The molecule has 0 aliphatic carbocycles. The van der Waals surface area contributed by atoms with E-state index in [0.717, 1.165) is 0 Å². The Morgan fingerprint density at radius 2 is 1.60 bits per heavy atom. The van der Waals surface area contributed by atoms with Crippen LogP contribution in [0.25, 0.3) is 0 Å². The Bertz CT molecular complexity index is 162. The van der Waals surface area contributed by atoms with Gasteiger partial charge in [-0.25, -0.2) is 19.6 Å². The summed E-state index contributed by atoms with van der Waals surface area (Å²) in [5.74, 6) is 0. The molecule has 10 heavy (non-hydrogen) atoms. The number of alkyl halides is 1. The Kier molecular flexibility index (Phi) is 5.59. The lowest BCUT2D eigenvalue weighted by molar-refractivity contribution is 0.561. The van der Waals surface area contributed by atoms with E-state index in [2.05, 4.69) is 9.98 Å². The molecule has 0 aromatic rings. The van der Waals surface area contributed by atoms with Gasteiger partial charge in [-0.3, -0.25) is 0 Å². The van der Waals surface area contributed by atoms with Gasteiger partial charge in [0, 0.05) is 0 Å². The molecule has 0 aromatic carbocycles. The summed E-state index contributed by atoms with van der Waals surface area (Å²) in [6.07, 6.45) is 2.65. The number of carbonyl (C=O) groups excluding carboxylic acids is 2. The number of hydrogen-bond donors (Lipinski definition) is 0. The SMILES string of the molecule is O=C=NCC(Cl)CN=C=O. The predicted octanol–water partition coefficient (Wildman–Crippen LogP) is 0.265. The lowest BCUT2D eigenvalue weighted by Crippen LogP contribution is -2.06. The monoisotopic (exact) mass is 160 g/mol. The Morgan fingerprint density at radius 3 is 1.90 bits per heavy atom. The molecule has 0 atom stereocenters. The van der Waals surface area contributed by atoms with E-state index in [1.807, 2.05) is 0 Å². The summed E-state index contributed by atoms with van der Waals surface area (Å²) in [5.41, 5.74) is 0. The summed E-state index contributed by atoms with van der Waals surface area (Å²) in [7, 11) is 0. The standard InChI is InChI=1S/C5H5ClN2O2/c6-5(1-7-3-9)2-8-4-10/h5H,1-2H2. The van der Waals surface area contributed by atoms with Crippen molar-refractivity contribution in [2.75, 3.05) is 13.1 Å². The van der Waals surface area contributed by atoms with Crippen LogP contribution in [0.2, 0.25) is 0 Å². The van der Waals surface area contributed by atoms with Gasteiger partial charge in [-0.05, 0) is 0 Å². The highest BCUT2D eigenvalue weighted by atomic mass is 35.5. The van der Waals surface area contributed by atoms with E-state index in [1.54, 1.807) is 0 Å². The van der Waals surface area contributed by atoms with E-state index in [4.69, 9.17) is 11.6 Å². The van der Waals surface area contributed by atoms with Gasteiger partial charge in [-0.15, -0.1) is 11.6 Å². The number of halogens is 1. The first-order valence-electron chi connectivity index (χ1n) is 2.52. The summed E-state index contributed by atoms with van der Waals surface area (Å²) in [5, 5.41) is -0.414. The fraction of sp³-hybridized carbons (Fsp3) is 0.600. The zero-order valence-corrected chi connectivity index (χ0v) is 5.84. The van der Waals surface area contributed by atoms with E-state index in [9.17, 15) is 9.59 Å². The van der Waals surface area contributed by atoms with Gasteiger partial charge in [0.15, 0.2) is 0 Å². The van der Waals surface area contributed by atoms with Gasteiger partial charge in [-0.2, -0.15) is 0 Å². The third-order valence-corrected chi connectivity index (χ3v) is 0.984. The molecule has 0 heterocycles. The second kappa shape index (κ2) is 6.17. The van der Waals surface area contributed by atoms with Gasteiger partial charge >= 0.3 is 0 Å². The average Bonchev–Trinajstić information content (AvgIpc) is 1.97. The first-order valence-corrected chi connectivity index (χ1v) is 2.96. The highest BCUT2D eigenvalue weighted by Crippen LogP contribution is 1.95. The van der Waals surface area contributed by atoms with Crippen molar-refractivity contribution in [1.29, 1.82) is 0 Å². The van der Waals surface area contributed by atoms with Crippen LogP contribution in [-0.4, -0.2) is 30.6 Å². The van der Waals surface area contributed by atoms with Crippen LogP contribution >= 0.6 is 11.6 Å². The molecule has 0 saturated carbocycles. The maximum Gasteiger partial charge on any atom is 0.234 e. The fourth-order valence-corrected chi connectivity index (χ4v) is 0.468. The molecule has 0 aliphatic rings. The molecule has 0 radical (unpaired) electrons. The molecule has 0 saturated heterocycles. The smallest absolute Gasteiger partial charge is 0.211 e. The van der Waals surface area contributed by atoms with E-state index < -0.39 is 5.38 Å². The molecular formula is C5H5ClN2O2. The van der Waals surface area contributed by atoms with Crippen LogP contribution < -0.4 is 0 Å². The third-order valence-electron chi connectivity index (χ3n) is 0.708. The number of rotatable bonds is 4. The van der Waals surface area contributed by atoms with Crippen LogP contribution in [0.4, 0.5) is 0 Å². The van der Waals surface area contributed by atoms with E-state index in [-0.39, 0.29) is 13.1 Å². The Balaban J connectivity index is 3.52. The lowest BCUT2D eigenvalue weighted by atomic mass is 10.4. The van der Waals surface area contributed by atoms with Crippen LogP contribution in [0, 0.1) is 0 Å². The highest BCUT2D eigenvalue weighted by molar-refractivity contribution is 6.21. The second-order valence-corrected chi connectivity index (χ2v) is 2.08. The minimum atomic E-state index is -0.414.